The van der Waals surface area contributed by atoms with Crippen molar-refractivity contribution in [2.75, 3.05) is 25.0 Å². The summed E-state index contributed by atoms with van der Waals surface area (Å²) in [5.74, 6) is 0. The van der Waals surface area contributed by atoms with Crippen LogP contribution in [0.3, 0.4) is 0 Å². The first kappa shape index (κ1) is 23.0. The normalized spacial score (nSPS) is 16.3. The Kier molecular flexibility index (Phi) is 5.57. The number of carbonyl (C=O) groups is 1. The van der Waals surface area contributed by atoms with Crippen LogP contribution < -0.4 is 4.90 Å². The molecule has 9 nitrogen and oxygen atoms in total. The number of nitrogens with zero attached hydrogens (tertiary/aromatic N) is 7. The second-order valence-corrected chi connectivity index (χ2v) is 10.3. The van der Waals surface area contributed by atoms with Gasteiger partial charge in [-0.2, -0.15) is 5.10 Å². The van der Waals surface area contributed by atoms with Gasteiger partial charge < -0.3 is 14.5 Å². The minimum atomic E-state index is -0.505. The first-order chi connectivity index (χ1) is 16.6. The lowest BCUT2D eigenvalue weighted by Crippen LogP contribution is -2.42. The number of imidazole rings is 1. The van der Waals surface area contributed by atoms with E-state index in [0.29, 0.717) is 5.65 Å². The van der Waals surface area contributed by atoms with Crippen LogP contribution in [0, 0.1) is 13.8 Å². The molecule has 0 spiro atoms. The van der Waals surface area contributed by atoms with E-state index in [1.54, 1.807) is 9.42 Å². The predicted octanol–water partition coefficient (Wildman–Crippen LogP) is 4.40. The number of likely N-dealkylation sites (N-methyl/N-ethyl adjacent to an activating group) is 1. The third-order valence-corrected chi connectivity index (χ3v) is 6.28. The van der Waals surface area contributed by atoms with Gasteiger partial charge in [0, 0.05) is 25.5 Å². The minimum Gasteiger partial charge on any atom is -0.444 e. The summed E-state index contributed by atoms with van der Waals surface area (Å²) in [5.41, 5.74) is 5.59. The van der Waals surface area contributed by atoms with E-state index in [0.717, 1.165) is 58.9 Å². The molecule has 5 rings (SSSR count). The molecule has 0 saturated carbocycles. The molecule has 0 N–H and O–H groups in total. The molecule has 182 valence electrons. The maximum absolute atomic E-state index is 12.5. The third kappa shape index (κ3) is 4.62. The van der Waals surface area contributed by atoms with Gasteiger partial charge in [0.15, 0.2) is 11.3 Å². The van der Waals surface area contributed by atoms with Crippen molar-refractivity contribution in [3.05, 3.63) is 47.9 Å². The highest BCUT2D eigenvalue weighted by Gasteiger charge is 2.31. The number of hydrogen-bond donors (Lipinski definition) is 0. The summed E-state index contributed by atoms with van der Waals surface area (Å²) >= 11 is 0. The first-order valence-corrected chi connectivity index (χ1v) is 11.9. The van der Waals surface area contributed by atoms with Gasteiger partial charge >= 0.3 is 6.09 Å². The van der Waals surface area contributed by atoms with Gasteiger partial charge in [0.2, 0.25) is 0 Å². The number of amides is 1. The van der Waals surface area contributed by atoms with Gasteiger partial charge in [-0.05, 0) is 70.9 Å². The van der Waals surface area contributed by atoms with E-state index in [4.69, 9.17) is 9.72 Å². The number of pyridine rings is 2. The average molecular weight is 474 g/mol. The molecule has 4 aromatic heterocycles. The van der Waals surface area contributed by atoms with Crippen molar-refractivity contribution in [1.29, 1.82) is 0 Å². The molecule has 1 saturated heterocycles. The topological polar surface area (TPSA) is 88.8 Å². The Morgan fingerprint density at radius 3 is 2.71 bits per heavy atom. The summed E-state index contributed by atoms with van der Waals surface area (Å²) in [6.07, 6.45) is 4.37. The predicted molar refractivity (Wildman–Crippen MR) is 136 cm³/mol. The van der Waals surface area contributed by atoms with Gasteiger partial charge in [-0.1, -0.05) is 0 Å². The van der Waals surface area contributed by atoms with Crippen molar-refractivity contribution in [2.45, 2.75) is 52.7 Å². The van der Waals surface area contributed by atoms with E-state index in [-0.39, 0.29) is 12.1 Å². The fourth-order valence-electron chi connectivity index (χ4n) is 4.46. The molecule has 1 amide bonds. The molecule has 1 aliphatic rings. The monoisotopic (exact) mass is 473 g/mol. The number of aryl methyl sites for hydroxylation is 2. The highest BCUT2D eigenvalue weighted by atomic mass is 16.6. The molecule has 0 radical (unpaired) electrons. The van der Waals surface area contributed by atoms with Crippen LogP contribution in [-0.2, 0) is 4.74 Å². The van der Waals surface area contributed by atoms with Crippen molar-refractivity contribution in [3.63, 3.8) is 0 Å². The smallest absolute Gasteiger partial charge is 0.410 e. The Balaban J connectivity index is 1.35. The second-order valence-electron chi connectivity index (χ2n) is 10.3. The number of carbonyl (C=O) groups excluding carboxylic acids is 1. The fourth-order valence-corrected chi connectivity index (χ4v) is 4.46. The van der Waals surface area contributed by atoms with E-state index in [1.165, 1.54) is 0 Å². The summed E-state index contributed by atoms with van der Waals surface area (Å²) in [5, 5.41) is 5.65. The van der Waals surface area contributed by atoms with Crippen LogP contribution in [0.2, 0.25) is 0 Å². The molecule has 4 aromatic rings. The molecule has 1 aliphatic heterocycles. The minimum absolute atomic E-state index is 0.0945. The number of rotatable bonds is 3. The van der Waals surface area contributed by atoms with Crippen LogP contribution in [0.15, 0.2) is 36.7 Å². The van der Waals surface area contributed by atoms with Crippen LogP contribution in [0.5, 0.6) is 0 Å². The van der Waals surface area contributed by atoms with Gasteiger partial charge in [-0.3, -0.25) is 0 Å². The van der Waals surface area contributed by atoms with E-state index >= 15 is 0 Å². The Bertz CT molecular complexity index is 1420. The van der Waals surface area contributed by atoms with Gasteiger partial charge in [0.05, 0.1) is 35.5 Å². The quantitative estimate of drug-likeness (QED) is 0.436. The zero-order valence-corrected chi connectivity index (χ0v) is 21.1. The van der Waals surface area contributed by atoms with E-state index in [9.17, 15) is 4.79 Å². The van der Waals surface area contributed by atoms with Crippen LogP contribution in [0.25, 0.3) is 28.1 Å². The van der Waals surface area contributed by atoms with Gasteiger partial charge in [0.1, 0.15) is 11.3 Å². The molecule has 1 atom stereocenters. The Morgan fingerprint density at radius 1 is 1.14 bits per heavy atom. The summed E-state index contributed by atoms with van der Waals surface area (Å²) in [4.78, 5) is 30.4. The molecule has 0 aromatic carbocycles. The van der Waals surface area contributed by atoms with Gasteiger partial charge in [0.25, 0.3) is 0 Å². The SMILES string of the molecule is Cc1cn2nc(-c3ccc4cc(N5CCC(N(C)C(=O)OC(C)(C)C)C5)cnc4n3)cc(C)c2n1. The lowest BCUT2D eigenvalue weighted by Gasteiger charge is -2.28. The summed E-state index contributed by atoms with van der Waals surface area (Å²) < 4.78 is 7.33. The van der Waals surface area contributed by atoms with Crippen molar-refractivity contribution >= 4 is 28.5 Å². The zero-order valence-electron chi connectivity index (χ0n) is 21.1. The second kappa shape index (κ2) is 8.48. The number of anilines is 1. The Morgan fingerprint density at radius 2 is 1.94 bits per heavy atom. The highest BCUT2D eigenvalue weighted by Crippen LogP contribution is 2.27. The third-order valence-electron chi connectivity index (χ3n) is 6.28. The van der Waals surface area contributed by atoms with Crippen LogP contribution in [-0.4, -0.2) is 67.3 Å². The molecule has 35 heavy (non-hydrogen) atoms. The number of hydrogen-bond acceptors (Lipinski definition) is 7. The van der Waals surface area contributed by atoms with Crippen LogP contribution in [0.4, 0.5) is 10.5 Å². The molecule has 9 heteroatoms. The van der Waals surface area contributed by atoms with E-state index in [2.05, 4.69) is 26.0 Å². The summed E-state index contributed by atoms with van der Waals surface area (Å²) in [6.45, 7) is 11.2. The lowest BCUT2D eigenvalue weighted by atomic mass is 10.2. The zero-order chi connectivity index (χ0) is 24.9. The molecule has 1 fully saturated rings. The summed E-state index contributed by atoms with van der Waals surface area (Å²) in [6, 6.07) is 8.23. The maximum atomic E-state index is 12.5. The van der Waals surface area contributed by atoms with Crippen LogP contribution in [0.1, 0.15) is 38.4 Å². The standard InChI is InChI=1S/C26H31N7O2/c1-16-11-22(30-33-14-17(2)28-24(16)33)21-8-7-18-12-20(13-27-23(18)29-21)32-10-9-19(15-32)31(6)25(34)35-26(3,4)5/h7-8,11-14,19H,9-10,15H2,1-6H3. The molecule has 5 heterocycles. The molecule has 0 bridgehead atoms. The lowest BCUT2D eigenvalue weighted by molar-refractivity contribution is 0.0238. The average Bonchev–Trinajstić information content (AvgIpc) is 3.43. The Hall–Kier alpha value is -3.75. The van der Waals surface area contributed by atoms with Gasteiger partial charge in [-0.15, -0.1) is 0 Å². The van der Waals surface area contributed by atoms with Crippen molar-refractivity contribution in [1.82, 2.24) is 29.5 Å². The largest absolute Gasteiger partial charge is 0.444 e. The fraction of sp³-hybridized carbons (Fsp3) is 0.423. The molecule has 1 unspecified atom stereocenters. The number of aromatic nitrogens is 5. The van der Waals surface area contributed by atoms with Crippen molar-refractivity contribution < 1.29 is 9.53 Å². The van der Waals surface area contributed by atoms with Crippen LogP contribution >= 0.6 is 0 Å². The highest BCUT2D eigenvalue weighted by molar-refractivity contribution is 5.81. The molecular weight excluding hydrogens is 442 g/mol. The number of ether oxygens (including phenoxy) is 1. The molecule has 0 aliphatic carbocycles. The molecular formula is C26H31N7O2. The van der Waals surface area contributed by atoms with E-state index < -0.39 is 5.60 Å². The first-order valence-electron chi connectivity index (χ1n) is 11.9. The van der Waals surface area contributed by atoms with Crippen molar-refractivity contribution in [3.8, 4) is 11.4 Å². The van der Waals surface area contributed by atoms with Crippen molar-refractivity contribution in [2.24, 2.45) is 0 Å². The summed E-state index contributed by atoms with van der Waals surface area (Å²) in [7, 11) is 1.81. The number of fused-ring (bicyclic) bond motifs is 2. The Labute approximate surface area is 204 Å². The van der Waals surface area contributed by atoms with Gasteiger partial charge in [-0.25, -0.2) is 24.3 Å². The van der Waals surface area contributed by atoms with E-state index in [1.807, 2.05) is 72.3 Å². The maximum Gasteiger partial charge on any atom is 0.410 e.